The second-order valence-electron chi connectivity index (χ2n) is 4.78. The van der Waals surface area contributed by atoms with E-state index >= 15 is 0 Å². The van der Waals surface area contributed by atoms with E-state index in [2.05, 4.69) is 9.04 Å². The number of aryl methyl sites for hydroxylation is 1. The van der Waals surface area contributed by atoms with E-state index in [0.717, 1.165) is 12.0 Å². The molecule has 0 aliphatic carbocycles. The Labute approximate surface area is 151 Å². The summed E-state index contributed by atoms with van der Waals surface area (Å²) in [4.78, 5) is 21.9. The van der Waals surface area contributed by atoms with Crippen molar-refractivity contribution in [1.29, 1.82) is 0 Å². The maximum absolute atomic E-state index is 11.5. The topological polar surface area (TPSA) is 133 Å². The maximum Gasteiger partial charge on any atom is 0.336 e. The maximum atomic E-state index is 11.5. The minimum absolute atomic E-state index is 0.144. The smallest absolute Gasteiger partial charge is 0.336 e. The number of aromatic carboxylic acids is 1. The molecule has 1 heterocycles. The van der Waals surface area contributed by atoms with Gasteiger partial charge in [0.25, 0.3) is 0 Å². The van der Waals surface area contributed by atoms with Gasteiger partial charge in [-0.25, -0.2) is 4.79 Å². The molecule has 1 aromatic heterocycles. The minimum atomic E-state index is -4.62. The van der Waals surface area contributed by atoms with E-state index in [9.17, 15) is 22.5 Å². The number of rotatable bonds is 4. The van der Waals surface area contributed by atoms with Gasteiger partial charge in [0.05, 0.1) is 5.56 Å². The van der Waals surface area contributed by atoms with Gasteiger partial charge >= 0.3 is 101 Å². The molecule has 2 aromatic rings. The van der Waals surface area contributed by atoms with E-state index in [-0.39, 0.29) is 16.0 Å². The number of hydrogen-bond acceptors (Lipinski definition) is 6. The number of carbonyl (C=O) groups excluding carboxylic acids is 1. The third kappa shape index (κ3) is 6.06. The average molecular weight is 431 g/mol. The molecular weight excluding hydrogens is 413 g/mol. The number of anilines is 1. The van der Waals surface area contributed by atoms with Gasteiger partial charge in [-0.1, -0.05) is 0 Å². The summed E-state index contributed by atoms with van der Waals surface area (Å²) >= 11 is -3.17. The van der Waals surface area contributed by atoms with E-state index in [1.807, 2.05) is 0 Å². The normalized spacial score (nSPS) is 12.5. The molecule has 10 heteroatoms. The van der Waals surface area contributed by atoms with Crippen LogP contribution >= 0.6 is 11.3 Å². The number of carboxylic acids is 1. The van der Waals surface area contributed by atoms with Crippen LogP contribution in [-0.4, -0.2) is 47.5 Å². The number of carbonyl (C=O) groups is 2. The Morgan fingerprint density at radius 2 is 1.92 bits per heavy atom. The number of aromatic hydroxyl groups is 1. The van der Waals surface area contributed by atoms with Crippen LogP contribution in [0.15, 0.2) is 29.6 Å². The first-order chi connectivity index (χ1) is 11.6. The molecule has 8 nitrogen and oxygen atoms in total. The molecule has 1 aromatic carbocycles. The Balaban J connectivity index is 0.000000293. The van der Waals surface area contributed by atoms with Crippen molar-refractivity contribution in [2.75, 3.05) is 12.4 Å². The second-order valence-corrected chi connectivity index (χ2v) is 9.86. The molecule has 0 aliphatic rings. The largest absolute Gasteiger partial charge is 0.478 e. The number of thiophene rings is 1. The van der Waals surface area contributed by atoms with Crippen molar-refractivity contribution >= 4 is 47.4 Å². The zero-order valence-corrected chi connectivity index (χ0v) is 16.4. The van der Waals surface area contributed by atoms with Crippen molar-refractivity contribution in [3.63, 3.8) is 0 Å². The van der Waals surface area contributed by atoms with Gasteiger partial charge in [0.2, 0.25) is 0 Å². The van der Waals surface area contributed by atoms with Crippen LogP contribution in [0.25, 0.3) is 0 Å². The summed E-state index contributed by atoms with van der Waals surface area (Å²) in [5.74, 6) is -1.51. The van der Waals surface area contributed by atoms with Crippen LogP contribution in [0.4, 0.5) is 5.69 Å². The number of hydrogen-bond donors (Lipinski definition) is 4. The quantitative estimate of drug-likeness (QED) is 0.537. The standard InChI is InChI=1S/C9H12AsNO5.C6H6O2S/c1-6(12)11-7-3-4-8(9(13)5-7)10(14,15)16-2;1-4-5(6(7)8)2-3-9-4/h3-5,13H,1-2H3,(H,11,12)(H,14,15);2-3H,1H3,(H,7,8). The Bertz CT molecular complexity index is 818. The first-order valence-electron chi connectivity index (χ1n) is 6.85. The van der Waals surface area contributed by atoms with Gasteiger partial charge < -0.3 is 5.11 Å². The number of nitrogens with one attached hydrogen (secondary N) is 1. The number of carboxylic acid groups (broad SMARTS) is 1. The molecule has 4 N–H and O–H groups in total. The first kappa shape index (κ1) is 21.0. The van der Waals surface area contributed by atoms with E-state index in [1.54, 1.807) is 18.4 Å². The van der Waals surface area contributed by atoms with Crippen molar-refractivity contribution in [3.8, 4) is 5.75 Å². The van der Waals surface area contributed by atoms with Crippen molar-refractivity contribution in [2.45, 2.75) is 13.8 Å². The van der Waals surface area contributed by atoms with Crippen molar-refractivity contribution in [1.82, 2.24) is 0 Å². The van der Waals surface area contributed by atoms with Gasteiger partial charge in [-0.3, -0.25) is 0 Å². The third-order valence-corrected chi connectivity index (χ3v) is 6.89. The van der Waals surface area contributed by atoms with E-state index < -0.39 is 20.1 Å². The molecule has 2 rings (SSSR count). The minimum Gasteiger partial charge on any atom is -0.478 e. The van der Waals surface area contributed by atoms with Crippen LogP contribution in [-0.2, 0) is 12.3 Å². The fourth-order valence-electron chi connectivity index (χ4n) is 1.75. The Kier molecular flexibility index (Phi) is 7.44. The molecule has 0 radical (unpaired) electrons. The van der Waals surface area contributed by atoms with Crippen LogP contribution in [0.2, 0.25) is 0 Å². The van der Waals surface area contributed by atoms with Gasteiger partial charge in [-0.2, -0.15) is 0 Å². The van der Waals surface area contributed by atoms with Crippen LogP contribution in [0.5, 0.6) is 5.75 Å². The summed E-state index contributed by atoms with van der Waals surface area (Å²) in [6.45, 7) is 3.12. The summed E-state index contributed by atoms with van der Waals surface area (Å²) in [5, 5.41) is 22.2. The summed E-state index contributed by atoms with van der Waals surface area (Å²) < 4.78 is 25.2. The summed E-state index contributed by atoms with van der Waals surface area (Å²) in [5.41, 5.74) is 0.764. The Morgan fingerprint density at radius 3 is 2.28 bits per heavy atom. The summed E-state index contributed by atoms with van der Waals surface area (Å²) in [6, 6.07) is 5.48. The number of benzene rings is 1. The van der Waals surface area contributed by atoms with Gasteiger partial charge in [0.1, 0.15) is 0 Å². The molecule has 0 saturated carbocycles. The van der Waals surface area contributed by atoms with Crippen LogP contribution in [0.1, 0.15) is 22.2 Å². The first-order valence-corrected chi connectivity index (χ1v) is 11.0. The molecule has 0 spiro atoms. The molecule has 0 bridgehead atoms. The summed E-state index contributed by atoms with van der Waals surface area (Å²) in [6.07, 6.45) is 0. The van der Waals surface area contributed by atoms with Crippen LogP contribution in [0.3, 0.4) is 0 Å². The van der Waals surface area contributed by atoms with Crippen LogP contribution < -0.4 is 9.67 Å². The fraction of sp³-hybridized carbons (Fsp3) is 0.200. The van der Waals surface area contributed by atoms with Crippen molar-refractivity contribution in [2.24, 2.45) is 0 Å². The predicted molar refractivity (Wildman–Crippen MR) is 93.7 cm³/mol. The van der Waals surface area contributed by atoms with Gasteiger partial charge in [-0.05, 0) is 18.4 Å². The Hall–Kier alpha value is -2.06. The SMILES string of the molecule is CO[As](=O)(O)c1ccc(NC(C)=O)cc1O.Cc1sccc1C(=O)O. The average Bonchev–Trinajstić information content (AvgIpc) is 2.93. The van der Waals surface area contributed by atoms with Crippen molar-refractivity contribution in [3.05, 3.63) is 40.1 Å². The van der Waals surface area contributed by atoms with Gasteiger partial charge in [-0.15, -0.1) is 11.3 Å². The van der Waals surface area contributed by atoms with Crippen molar-refractivity contribution < 1.29 is 31.4 Å². The molecule has 1 unspecified atom stereocenters. The fourth-order valence-corrected chi connectivity index (χ4v) is 4.15. The monoisotopic (exact) mass is 431 g/mol. The number of amides is 1. The molecule has 0 saturated heterocycles. The van der Waals surface area contributed by atoms with Gasteiger partial charge in [0, 0.05) is 4.88 Å². The van der Waals surface area contributed by atoms with E-state index in [1.165, 1.54) is 36.5 Å². The molecule has 136 valence electrons. The molecule has 0 fully saturated rings. The number of phenolic OH excluding ortho intramolecular Hbond substituents is 1. The zero-order valence-electron chi connectivity index (χ0n) is 13.7. The predicted octanol–water partition coefficient (Wildman–Crippen LogP) is 1.32. The molecule has 0 aliphatic heterocycles. The molecular formula is C15H18AsNO7S. The molecule has 1 amide bonds. The number of phenols is 1. The second kappa shape index (κ2) is 8.87. The van der Waals surface area contributed by atoms with Gasteiger partial charge in [0.15, 0.2) is 0 Å². The molecule has 1 atom stereocenters. The zero-order chi connectivity index (χ0) is 19.2. The Morgan fingerprint density at radius 1 is 1.28 bits per heavy atom. The van der Waals surface area contributed by atoms with E-state index in [0.29, 0.717) is 11.3 Å². The summed E-state index contributed by atoms with van der Waals surface area (Å²) in [7, 11) is 1.10. The van der Waals surface area contributed by atoms with Crippen LogP contribution in [0, 0.1) is 6.92 Å². The van der Waals surface area contributed by atoms with E-state index in [4.69, 9.17) is 5.11 Å². The third-order valence-electron chi connectivity index (χ3n) is 2.94. The molecule has 25 heavy (non-hydrogen) atoms.